The van der Waals surface area contributed by atoms with E-state index < -0.39 is 7.82 Å². The predicted octanol–water partition coefficient (Wildman–Crippen LogP) is 1.65. The topological polar surface area (TPSA) is 65.0 Å². The molecule has 1 atom stereocenters. The summed E-state index contributed by atoms with van der Waals surface area (Å²) in [5.74, 6) is 0. The molecular weight excluding hydrogens is 183 g/mol. The van der Waals surface area contributed by atoms with Gasteiger partial charge < -0.3 is 4.89 Å². The van der Waals surface area contributed by atoms with Gasteiger partial charge in [0.05, 0.1) is 6.61 Å². The van der Waals surface area contributed by atoms with Crippen molar-refractivity contribution in [3.63, 3.8) is 0 Å². The van der Waals surface area contributed by atoms with Crippen LogP contribution in [0.15, 0.2) is 12.2 Å². The molecule has 0 aromatic rings. The molecular formula is C6H13O5P. The van der Waals surface area contributed by atoms with Gasteiger partial charge in [-0.3, -0.25) is 4.52 Å². The molecule has 5 nitrogen and oxygen atoms in total. The van der Waals surface area contributed by atoms with Gasteiger partial charge in [-0.25, -0.2) is 9.45 Å². The van der Waals surface area contributed by atoms with Crippen LogP contribution in [0.4, 0.5) is 0 Å². The third-order valence-corrected chi connectivity index (χ3v) is 1.62. The Labute approximate surface area is 71.5 Å². The number of hydrogen-bond acceptors (Lipinski definition) is 4. The van der Waals surface area contributed by atoms with E-state index in [4.69, 9.17) is 4.89 Å². The van der Waals surface area contributed by atoms with Gasteiger partial charge in [0.1, 0.15) is 6.61 Å². The second-order valence-electron chi connectivity index (χ2n) is 2.18. The van der Waals surface area contributed by atoms with Crippen molar-refractivity contribution in [2.75, 3.05) is 13.2 Å². The molecule has 0 aliphatic carbocycles. The normalized spacial score (nSPS) is 15.6. The number of hydrogen-bond donors (Lipinski definition) is 1. The van der Waals surface area contributed by atoms with E-state index in [0.29, 0.717) is 5.57 Å². The Kier molecular flexibility index (Phi) is 5.37. The molecule has 0 aliphatic heterocycles. The summed E-state index contributed by atoms with van der Waals surface area (Å²) in [5, 5.41) is 0. The van der Waals surface area contributed by atoms with Crippen molar-refractivity contribution in [1.29, 1.82) is 0 Å². The van der Waals surface area contributed by atoms with Crippen LogP contribution in [0.1, 0.15) is 13.8 Å². The quantitative estimate of drug-likeness (QED) is 0.303. The summed E-state index contributed by atoms with van der Waals surface area (Å²) in [6.07, 6.45) is 0. The van der Waals surface area contributed by atoms with E-state index in [2.05, 4.69) is 20.7 Å². The van der Waals surface area contributed by atoms with Gasteiger partial charge in [-0.2, -0.15) is 0 Å². The van der Waals surface area contributed by atoms with E-state index in [0.717, 1.165) is 0 Å². The summed E-state index contributed by atoms with van der Waals surface area (Å²) in [4.78, 5) is 13.2. The molecule has 0 saturated heterocycles. The van der Waals surface area contributed by atoms with Crippen LogP contribution in [-0.4, -0.2) is 18.1 Å². The van der Waals surface area contributed by atoms with Crippen molar-refractivity contribution in [2.45, 2.75) is 13.8 Å². The van der Waals surface area contributed by atoms with Gasteiger partial charge in [0.25, 0.3) is 0 Å². The minimum absolute atomic E-state index is 0.0671. The van der Waals surface area contributed by atoms with Crippen LogP contribution in [0.5, 0.6) is 0 Å². The van der Waals surface area contributed by atoms with E-state index in [1.54, 1.807) is 13.8 Å². The lowest BCUT2D eigenvalue weighted by Crippen LogP contribution is -1.98. The summed E-state index contributed by atoms with van der Waals surface area (Å²) < 4.78 is 19.2. The van der Waals surface area contributed by atoms with Crippen molar-refractivity contribution in [2.24, 2.45) is 0 Å². The lowest BCUT2D eigenvalue weighted by atomic mass is 10.4. The van der Waals surface area contributed by atoms with Crippen LogP contribution >= 0.6 is 7.82 Å². The molecule has 0 saturated carbocycles. The van der Waals surface area contributed by atoms with Crippen molar-refractivity contribution in [1.82, 2.24) is 0 Å². The van der Waals surface area contributed by atoms with Gasteiger partial charge in [0.15, 0.2) is 0 Å². The average Bonchev–Trinajstić information content (AvgIpc) is 1.85. The highest BCUT2D eigenvalue weighted by molar-refractivity contribution is 7.47. The lowest BCUT2D eigenvalue weighted by Gasteiger charge is -2.08. The predicted molar refractivity (Wildman–Crippen MR) is 43.3 cm³/mol. The van der Waals surface area contributed by atoms with Crippen LogP contribution in [0.2, 0.25) is 0 Å². The second kappa shape index (κ2) is 5.45. The fourth-order valence-corrected chi connectivity index (χ4v) is 0.933. The molecule has 0 aliphatic rings. The maximum Gasteiger partial charge on any atom is 0.499 e. The van der Waals surface area contributed by atoms with Gasteiger partial charge in [0, 0.05) is 0 Å². The molecule has 1 unspecified atom stereocenters. The monoisotopic (exact) mass is 196 g/mol. The third kappa shape index (κ3) is 6.52. The Morgan fingerprint density at radius 2 is 2.25 bits per heavy atom. The molecule has 6 heteroatoms. The maximum absolute atomic E-state index is 10.8. The Morgan fingerprint density at radius 1 is 1.67 bits per heavy atom. The van der Waals surface area contributed by atoms with Crippen LogP contribution in [0.3, 0.4) is 0 Å². The lowest BCUT2D eigenvalue weighted by molar-refractivity contribution is -0.216. The van der Waals surface area contributed by atoms with Gasteiger partial charge >= 0.3 is 7.82 Å². The summed E-state index contributed by atoms with van der Waals surface area (Å²) in [6.45, 7) is 6.93. The van der Waals surface area contributed by atoms with Crippen LogP contribution < -0.4 is 0 Å². The van der Waals surface area contributed by atoms with Crippen molar-refractivity contribution < 1.29 is 23.5 Å². The number of phosphoric ester groups is 1. The van der Waals surface area contributed by atoms with Gasteiger partial charge in [0.2, 0.25) is 0 Å². The molecule has 12 heavy (non-hydrogen) atoms. The van der Waals surface area contributed by atoms with Gasteiger partial charge in [-0.1, -0.05) is 12.2 Å². The summed E-state index contributed by atoms with van der Waals surface area (Å²) >= 11 is 0. The van der Waals surface area contributed by atoms with Crippen LogP contribution in [-0.2, 0) is 18.7 Å². The summed E-state index contributed by atoms with van der Waals surface area (Å²) in [5.41, 5.74) is 0.687. The first-order valence-corrected chi connectivity index (χ1v) is 4.90. The summed E-state index contributed by atoms with van der Waals surface area (Å²) in [6, 6.07) is 0. The second-order valence-corrected chi connectivity index (χ2v) is 3.52. The minimum atomic E-state index is -4.01. The molecule has 0 radical (unpaired) electrons. The van der Waals surface area contributed by atoms with Gasteiger partial charge in [-0.05, 0) is 13.8 Å². The fraction of sp³-hybridized carbons (Fsp3) is 0.667. The van der Waals surface area contributed by atoms with Crippen LogP contribution in [0.25, 0.3) is 0 Å². The van der Waals surface area contributed by atoms with Crippen LogP contribution in [0, 0.1) is 0 Å². The molecule has 0 aromatic heterocycles. The zero-order valence-electron chi connectivity index (χ0n) is 7.15. The van der Waals surface area contributed by atoms with E-state index in [9.17, 15) is 4.57 Å². The van der Waals surface area contributed by atoms with E-state index in [-0.39, 0.29) is 13.2 Å². The molecule has 0 fully saturated rings. The molecule has 0 rings (SSSR count). The standard InChI is InChI=1S/C6H13O5P/c1-4-10-12(7,8)11-9-5-6(2)3/h2,4-5H2,1,3H3,(H,7,8). The highest BCUT2D eigenvalue weighted by atomic mass is 31.2. The first-order valence-electron chi connectivity index (χ1n) is 3.41. The van der Waals surface area contributed by atoms with E-state index >= 15 is 0 Å². The van der Waals surface area contributed by atoms with Crippen molar-refractivity contribution >= 4 is 7.82 Å². The molecule has 0 spiro atoms. The number of phosphoric acid groups is 1. The van der Waals surface area contributed by atoms with E-state index in [1.165, 1.54) is 0 Å². The Hall–Kier alpha value is -0.190. The fourth-order valence-electron chi connectivity index (χ4n) is 0.378. The Morgan fingerprint density at radius 3 is 2.67 bits per heavy atom. The van der Waals surface area contributed by atoms with Crippen molar-refractivity contribution in [3.8, 4) is 0 Å². The van der Waals surface area contributed by atoms with E-state index in [1.807, 2.05) is 0 Å². The molecule has 0 heterocycles. The SMILES string of the molecule is C=C(C)COOP(=O)(O)OCC. The highest BCUT2D eigenvalue weighted by Crippen LogP contribution is 2.43. The summed E-state index contributed by atoms with van der Waals surface area (Å²) in [7, 11) is -4.01. The first kappa shape index (κ1) is 11.8. The zero-order valence-corrected chi connectivity index (χ0v) is 8.04. The highest BCUT2D eigenvalue weighted by Gasteiger charge is 2.21. The zero-order chi connectivity index (χ0) is 9.61. The van der Waals surface area contributed by atoms with Crippen molar-refractivity contribution in [3.05, 3.63) is 12.2 Å². The smallest absolute Gasteiger partial charge is 0.301 e. The molecule has 1 N–H and O–H groups in total. The third-order valence-electron chi connectivity index (χ3n) is 0.744. The number of rotatable bonds is 6. The molecule has 0 bridgehead atoms. The average molecular weight is 196 g/mol. The Balaban J connectivity index is 3.61. The molecule has 0 amide bonds. The maximum atomic E-state index is 10.8. The molecule has 0 aromatic carbocycles. The Bertz CT molecular complexity index is 190. The minimum Gasteiger partial charge on any atom is -0.301 e. The first-order chi connectivity index (χ1) is 5.48. The largest absolute Gasteiger partial charge is 0.499 e. The molecule has 72 valence electrons. The van der Waals surface area contributed by atoms with Gasteiger partial charge in [-0.15, -0.1) is 4.67 Å².